The van der Waals surface area contributed by atoms with Crippen LogP contribution in [0.4, 0.5) is 4.79 Å². The van der Waals surface area contributed by atoms with E-state index in [1.807, 2.05) is 0 Å². The van der Waals surface area contributed by atoms with Gasteiger partial charge in [-0.25, -0.2) is 4.79 Å². The van der Waals surface area contributed by atoms with Crippen molar-refractivity contribution in [2.24, 2.45) is 0 Å². The molecular weight excluding hydrogens is 374 g/mol. The summed E-state index contributed by atoms with van der Waals surface area (Å²) in [5.74, 6) is -0.465. The van der Waals surface area contributed by atoms with Crippen LogP contribution < -0.4 is 4.74 Å². The van der Waals surface area contributed by atoms with Crippen LogP contribution >= 0.6 is 27.7 Å². The number of carbonyl (C=O) groups excluding carboxylic acids is 3. The predicted molar refractivity (Wildman–Crippen MR) is 85.4 cm³/mol. The minimum absolute atomic E-state index is 0.242. The number of ether oxygens (including phenoxy) is 2. The van der Waals surface area contributed by atoms with Gasteiger partial charge in [0.15, 0.2) is 6.61 Å². The highest BCUT2D eigenvalue weighted by Crippen LogP contribution is 2.34. The molecule has 1 saturated heterocycles. The number of carbonyl (C=O) groups is 3. The van der Waals surface area contributed by atoms with E-state index >= 15 is 0 Å². The van der Waals surface area contributed by atoms with E-state index in [2.05, 4.69) is 20.7 Å². The number of hydrogen-bond acceptors (Lipinski definition) is 6. The van der Waals surface area contributed by atoms with Crippen molar-refractivity contribution in [2.75, 3.05) is 20.8 Å². The summed E-state index contributed by atoms with van der Waals surface area (Å²) in [7, 11) is 2.69. The lowest BCUT2D eigenvalue weighted by Crippen LogP contribution is -2.22. The highest BCUT2D eigenvalue weighted by molar-refractivity contribution is 9.10. The molecule has 2 amide bonds. The molecule has 1 aromatic carbocycles. The van der Waals surface area contributed by atoms with Crippen molar-refractivity contribution in [1.29, 1.82) is 0 Å². The van der Waals surface area contributed by atoms with Crippen LogP contribution in [-0.2, 0) is 14.3 Å². The lowest BCUT2D eigenvalue weighted by molar-refractivity contribution is -0.142. The molecule has 6 nitrogen and oxygen atoms in total. The third kappa shape index (κ3) is 3.69. The molecule has 8 heteroatoms. The Morgan fingerprint density at radius 3 is 2.73 bits per heavy atom. The van der Waals surface area contributed by atoms with Gasteiger partial charge in [0, 0.05) is 17.1 Å². The van der Waals surface area contributed by atoms with Gasteiger partial charge >= 0.3 is 5.97 Å². The van der Waals surface area contributed by atoms with Crippen LogP contribution in [0.5, 0.6) is 5.75 Å². The van der Waals surface area contributed by atoms with Crippen molar-refractivity contribution in [3.05, 3.63) is 33.1 Å². The molecule has 0 bridgehead atoms. The number of esters is 1. The maximum atomic E-state index is 11.9. The highest BCUT2D eigenvalue weighted by atomic mass is 79.9. The second-order valence-corrected chi connectivity index (χ2v) is 6.20. The Balaban J connectivity index is 2.30. The van der Waals surface area contributed by atoms with E-state index in [4.69, 9.17) is 4.74 Å². The number of amides is 2. The Hall–Kier alpha value is -1.80. The van der Waals surface area contributed by atoms with E-state index < -0.39 is 5.97 Å². The van der Waals surface area contributed by atoms with Crippen molar-refractivity contribution >= 4 is 50.9 Å². The molecule has 116 valence electrons. The monoisotopic (exact) mass is 385 g/mol. The summed E-state index contributed by atoms with van der Waals surface area (Å²) in [6.45, 7) is -0.242. The summed E-state index contributed by atoms with van der Waals surface area (Å²) in [5, 5.41) is -0.330. The molecule has 1 aromatic rings. The van der Waals surface area contributed by atoms with Crippen LogP contribution in [0.1, 0.15) is 5.56 Å². The number of thioether (sulfide) groups is 1. The zero-order chi connectivity index (χ0) is 16.3. The second-order valence-electron chi connectivity index (χ2n) is 4.29. The smallest absolute Gasteiger partial charge is 0.343 e. The molecule has 1 fully saturated rings. The fourth-order valence-electron chi connectivity index (χ4n) is 1.65. The molecule has 1 heterocycles. The first kappa shape index (κ1) is 16.6. The number of methoxy groups -OCH3 is 1. The van der Waals surface area contributed by atoms with Crippen LogP contribution in [-0.4, -0.2) is 42.8 Å². The van der Waals surface area contributed by atoms with Crippen LogP contribution in [0, 0.1) is 0 Å². The van der Waals surface area contributed by atoms with E-state index in [1.54, 1.807) is 24.3 Å². The molecule has 1 aliphatic heterocycles. The third-order valence-electron chi connectivity index (χ3n) is 2.82. The van der Waals surface area contributed by atoms with Crippen LogP contribution in [0.2, 0.25) is 0 Å². The van der Waals surface area contributed by atoms with Gasteiger partial charge in [-0.15, -0.1) is 0 Å². The van der Waals surface area contributed by atoms with Gasteiger partial charge in [-0.3, -0.25) is 14.5 Å². The molecule has 0 saturated carbocycles. The largest absolute Gasteiger partial charge is 0.481 e. The fraction of sp³-hybridized carbons (Fsp3) is 0.214. The highest BCUT2D eigenvalue weighted by Gasteiger charge is 2.32. The molecule has 0 unspecified atom stereocenters. The Labute approximate surface area is 139 Å². The maximum Gasteiger partial charge on any atom is 0.343 e. The zero-order valence-electron chi connectivity index (χ0n) is 11.8. The Morgan fingerprint density at radius 2 is 2.14 bits per heavy atom. The summed E-state index contributed by atoms with van der Waals surface area (Å²) in [6, 6.07) is 5.14. The number of nitrogens with zero attached hydrogens (tertiary/aromatic N) is 1. The minimum atomic E-state index is -0.511. The first-order valence-electron chi connectivity index (χ1n) is 6.13. The van der Waals surface area contributed by atoms with E-state index in [9.17, 15) is 14.4 Å². The Kier molecular flexibility index (Phi) is 5.25. The third-order valence-corrected chi connectivity index (χ3v) is 4.27. The van der Waals surface area contributed by atoms with Gasteiger partial charge in [0.2, 0.25) is 0 Å². The molecule has 1 aliphatic rings. The number of likely N-dealkylation sites (N-methyl/N-ethyl adjacent to an activating group) is 1. The number of imide groups is 1. The van der Waals surface area contributed by atoms with Crippen molar-refractivity contribution in [3.8, 4) is 5.75 Å². The van der Waals surface area contributed by atoms with Gasteiger partial charge in [0.05, 0.1) is 12.0 Å². The van der Waals surface area contributed by atoms with Gasteiger partial charge in [0.1, 0.15) is 5.75 Å². The number of rotatable bonds is 4. The number of halogens is 1. The van der Waals surface area contributed by atoms with E-state index in [-0.39, 0.29) is 17.8 Å². The summed E-state index contributed by atoms with van der Waals surface area (Å²) in [6.07, 6.45) is 1.56. The van der Waals surface area contributed by atoms with Crippen molar-refractivity contribution in [2.45, 2.75) is 0 Å². The van der Waals surface area contributed by atoms with Crippen molar-refractivity contribution in [3.63, 3.8) is 0 Å². The van der Waals surface area contributed by atoms with Gasteiger partial charge in [-0.2, -0.15) is 0 Å². The molecule has 0 atom stereocenters. The standard InChI is InChI=1S/C14H12BrNO5S/c1-16-13(18)11(22-14(16)19)6-8-5-9(15)3-4-10(8)21-7-12(17)20-2/h3-6H,7H2,1-2H3/b11-6+. The Bertz CT molecular complexity index is 673. The SMILES string of the molecule is COC(=O)COc1ccc(Br)cc1/C=C1/SC(=O)N(C)C1=O. The Morgan fingerprint density at radius 1 is 1.41 bits per heavy atom. The summed E-state index contributed by atoms with van der Waals surface area (Å²) >= 11 is 4.19. The van der Waals surface area contributed by atoms with E-state index in [0.717, 1.165) is 21.1 Å². The van der Waals surface area contributed by atoms with Gasteiger partial charge in [0.25, 0.3) is 11.1 Å². The second kappa shape index (κ2) is 6.97. The molecular formula is C14H12BrNO5S. The molecule has 0 radical (unpaired) electrons. The van der Waals surface area contributed by atoms with Crippen LogP contribution in [0.25, 0.3) is 6.08 Å². The lowest BCUT2D eigenvalue weighted by Gasteiger charge is -2.09. The predicted octanol–water partition coefficient (Wildman–Crippen LogP) is 2.67. The van der Waals surface area contributed by atoms with Crippen molar-refractivity contribution < 1.29 is 23.9 Å². The van der Waals surface area contributed by atoms with Gasteiger partial charge < -0.3 is 9.47 Å². The molecule has 22 heavy (non-hydrogen) atoms. The fourth-order valence-corrected chi connectivity index (χ4v) is 2.84. The van der Waals surface area contributed by atoms with E-state index in [1.165, 1.54) is 14.2 Å². The summed E-state index contributed by atoms with van der Waals surface area (Å²) in [5.41, 5.74) is 0.581. The van der Waals surface area contributed by atoms with Crippen LogP contribution in [0.3, 0.4) is 0 Å². The molecule has 2 rings (SSSR count). The summed E-state index contributed by atoms with van der Waals surface area (Å²) in [4.78, 5) is 35.9. The van der Waals surface area contributed by atoms with E-state index in [0.29, 0.717) is 16.2 Å². The zero-order valence-corrected chi connectivity index (χ0v) is 14.2. The summed E-state index contributed by atoms with van der Waals surface area (Å²) < 4.78 is 10.7. The van der Waals surface area contributed by atoms with Gasteiger partial charge in [-0.05, 0) is 36.0 Å². The lowest BCUT2D eigenvalue weighted by atomic mass is 10.2. The van der Waals surface area contributed by atoms with Crippen LogP contribution in [0.15, 0.2) is 27.6 Å². The topological polar surface area (TPSA) is 72.9 Å². The first-order valence-corrected chi connectivity index (χ1v) is 7.74. The normalized spacial score (nSPS) is 16.3. The first-order chi connectivity index (χ1) is 10.4. The maximum absolute atomic E-state index is 11.9. The minimum Gasteiger partial charge on any atom is -0.481 e. The number of benzene rings is 1. The molecule has 0 aromatic heterocycles. The van der Waals surface area contributed by atoms with Crippen molar-refractivity contribution in [1.82, 2.24) is 4.90 Å². The average Bonchev–Trinajstić information content (AvgIpc) is 2.73. The van der Waals surface area contributed by atoms with Gasteiger partial charge in [-0.1, -0.05) is 15.9 Å². The quantitative estimate of drug-likeness (QED) is 0.585. The molecule has 0 N–H and O–H groups in total. The molecule has 0 spiro atoms. The molecule has 0 aliphatic carbocycles. The number of hydrogen-bond donors (Lipinski definition) is 0. The average molecular weight is 386 g/mol.